The van der Waals surface area contributed by atoms with Gasteiger partial charge in [0, 0.05) is 18.2 Å². The Labute approximate surface area is 112 Å². The molecule has 0 aromatic heterocycles. The van der Waals surface area contributed by atoms with Crippen molar-refractivity contribution < 1.29 is 13.6 Å². The minimum atomic E-state index is -0.754. The molecule has 2 N–H and O–H groups in total. The van der Waals surface area contributed by atoms with Crippen LogP contribution in [0.4, 0.5) is 14.5 Å². The normalized spacial score (nSPS) is 12.1. The molecule has 0 bridgehead atoms. The summed E-state index contributed by atoms with van der Waals surface area (Å²) in [4.78, 5) is 11.8. The van der Waals surface area contributed by atoms with E-state index in [0.29, 0.717) is 6.54 Å². The first kappa shape index (κ1) is 15.4. The van der Waals surface area contributed by atoms with E-state index < -0.39 is 17.5 Å². The zero-order chi connectivity index (χ0) is 14.4. The molecule has 1 aromatic rings. The fraction of sp³-hybridized carbons (Fsp3) is 0.500. The van der Waals surface area contributed by atoms with Crippen LogP contribution in [0.1, 0.15) is 44.0 Å². The number of benzene rings is 1. The summed E-state index contributed by atoms with van der Waals surface area (Å²) in [5, 5.41) is 5.30. The van der Waals surface area contributed by atoms with E-state index in [0.717, 1.165) is 25.0 Å². The van der Waals surface area contributed by atoms with Gasteiger partial charge >= 0.3 is 0 Å². The molecule has 1 amide bonds. The predicted octanol–water partition coefficient (Wildman–Crippen LogP) is 3.32. The SMILES string of the molecule is CCCC(C)NC(=O)c1cc(F)c(NCC)c(F)c1. The zero-order valence-corrected chi connectivity index (χ0v) is 11.5. The molecule has 19 heavy (non-hydrogen) atoms. The van der Waals surface area contributed by atoms with E-state index in [4.69, 9.17) is 0 Å². The summed E-state index contributed by atoms with van der Waals surface area (Å²) >= 11 is 0. The average Bonchev–Trinajstić information content (AvgIpc) is 2.33. The third kappa shape index (κ3) is 4.19. The number of hydrogen-bond acceptors (Lipinski definition) is 2. The van der Waals surface area contributed by atoms with Gasteiger partial charge < -0.3 is 10.6 Å². The fourth-order valence-electron chi connectivity index (χ4n) is 1.86. The van der Waals surface area contributed by atoms with Gasteiger partial charge in [-0.2, -0.15) is 0 Å². The second kappa shape index (κ2) is 7.07. The summed E-state index contributed by atoms with van der Waals surface area (Å²) in [7, 11) is 0. The highest BCUT2D eigenvalue weighted by Gasteiger charge is 2.15. The second-order valence-corrected chi connectivity index (χ2v) is 4.51. The highest BCUT2D eigenvalue weighted by molar-refractivity contribution is 5.94. The van der Waals surface area contributed by atoms with E-state index in [2.05, 4.69) is 10.6 Å². The Morgan fingerprint density at radius 1 is 1.26 bits per heavy atom. The van der Waals surface area contributed by atoms with Crippen molar-refractivity contribution in [2.24, 2.45) is 0 Å². The van der Waals surface area contributed by atoms with Crippen LogP contribution in [-0.2, 0) is 0 Å². The highest BCUT2D eigenvalue weighted by Crippen LogP contribution is 2.20. The van der Waals surface area contributed by atoms with Gasteiger partial charge in [-0.15, -0.1) is 0 Å². The van der Waals surface area contributed by atoms with Gasteiger partial charge in [-0.25, -0.2) is 8.78 Å². The van der Waals surface area contributed by atoms with E-state index in [1.165, 1.54) is 0 Å². The summed E-state index contributed by atoms with van der Waals surface area (Å²) in [6.07, 6.45) is 1.76. The molecule has 1 aromatic carbocycles. The van der Waals surface area contributed by atoms with Gasteiger partial charge in [0.25, 0.3) is 5.91 Å². The van der Waals surface area contributed by atoms with Gasteiger partial charge in [0.05, 0.1) is 0 Å². The predicted molar refractivity (Wildman–Crippen MR) is 72.4 cm³/mol. The summed E-state index contributed by atoms with van der Waals surface area (Å²) < 4.78 is 27.3. The molecule has 0 saturated heterocycles. The Morgan fingerprint density at radius 2 is 1.84 bits per heavy atom. The van der Waals surface area contributed by atoms with Crippen LogP contribution >= 0.6 is 0 Å². The molecule has 1 unspecified atom stereocenters. The lowest BCUT2D eigenvalue weighted by atomic mass is 10.1. The molecule has 1 atom stereocenters. The fourth-order valence-corrected chi connectivity index (χ4v) is 1.86. The summed E-state index contributed by atoms with van der Waals surface area (Å²) in [5.41, 5.74) is -0.194. The molecule has 5 heteroatoms. The largest absolute Gasteiger partial charge is 0.381 e. The number of rotatable bonds is 6. The zero-order valence-electron chi connectivity index (χ0n) is 11.5. The second-order valence-electron chi connectivity index (χ2n) is 4.51. The molecule has 1 rings (SSSR count). The Balaban J connectivity index is 2.87. The first-order valence-corrected chi connectivity index (χ1v) is 6.53. The molecule has 0 spiro atoms. The van der Waals surface area contributed by atoms with E-state index in [9.17, 15) is 13.6 Å². The van der Waals surface area contributed by atoms with Gasteiger partial charge in [-0.3, -0.25) is 4.79 Å². The van der Waals surface area contributed by atoms with E-state index in [1.54, 1.807) is 6.92 Å². The monoisotopic (exact) mass is 270 g/mol. The molecular formula is C14H20F2N2O. The van der Waals surface area contributed by atoms with E-state index >= 15 is 0 Å². The maximum atomic E-state index is 13.7. The van der Waals surface area contributed by atoms with Crippen LogP contribution in [0.15, 0.2) is 12.1 Å². The number of carbonyl (C=O) groups is 1. The van der Waals surface area contributed by atoms with Gasteiger partial charge in [0.1, 0.15) is 17.3 Å². The van der Waals surface area contributed by atoms with Crippen molar-refractivity contribution in [2.75, 3.05) is 11.9 Å². The number of anilines is 1. The molecule has 0 aliphatic heterocycles. The number of nitrogens with one attached hydrogen (secondary N) is 2. The minimum absolute atomic E-state index is 0.000365. The van der Waals surface area contributed by atoms with Gasteiger partial charge in [-0.1, -0.05) is 13.3 Å². The quantitative estimate of drug-likeness (QED) is 0.832. The van der Waals surface area contributed by atoms with Crippen LogP contribution in [0, 0.1) is 11.6 Å². The van der Waals surface area contributed by atoms with E-state index in [-0.39, 0.29) is 17.3 Å². The van der Waals surface area contributed by atoms with Gasteiger partial charge in [0.2, 0.25) is 0 Å². The minimum Gasteiger partial charge on any atom is -0.381 e. The Morgan fingerprint density at radius 3 is 2.32 bits per heavy atom. The molecule has 3 nitrogen and oxygen atoms in total. The van der Waals surface area contributed by atoms with Crippen LogP contribution < -0.4 is 10.6 Å². The van der Waals surface area contributed by atoms with Crippen molar-refractivity contribution in [2.45, 2.75) is 39.7 Å². The maximum Gasteiger partial charge on any atom is 0.251 e. The first-order chi connectivity index (χ1) is 8.99. The van der Waals surface area contributed by atoms with Gasteiger partial charge in [0.15, 0.2) is 0 Å². The van der Waals surface area contributed by atoms with Crippen molar-refractivity contribution in [3.05, 3.63) is 29.3 Å². The van der Waals surface area contributed by atoms with Crippen LogP contribution in [-0.4, -0.2) is 18.5 Å². The Kier molecular flexibility index (Phi) is 5.73. The first-order valence-electron chi connectivity index (χ1n) is 6.53. The molecular weight excluding hydrogens is 250 g/mol. The molecule has 0 aliphatic carbocycles. The number of hydrogen-bond donors (Lipinski definition) is 2. The van der Waals surface area contributed by atoms with Gasteiger partial charge in [-0.05, 0) is 32.4 Å². The molecule has 106 valence electrons. The van der Waals surface area contributed by atoms with Crippen molar-refractivity contribution in [3.63, 3.8) is 0 Å². The smallest absolute Gasteiger partial charge is 0.251 e. The van der Waals surface area contributed by atoms with Crippen LogP contribution in [0.3, 0.4) is 0 Å². The van der Waals surface area contributed by atoms with E-state index in [1.807, 2.05) is 13.8 Å². The molecule has 0 aliphatic rings. The van der Waals surface area contributed by atoms with Crippen molar-refractivity contribution in [1.82, 2.24) is 5.32 Å². The molecule has 0 heterocycles. The van der Waals surface area contributed by atoms with Crippen LogP contribution in [0.2, 0.25) is 0 Å². The van der Waals surface area contributed by atoms with Crippen molar-refractivity contribution in [1.29, 1.82) is 0 Å². The lowest BCUT2D eigenvalue weighted by Gasteiger charge is -2.14. The number of carbonyl (C=O) groups excluding carboxylic acids is 1. The highest BCUT2D eigenvalue weighted by atomic mass is 19.1. The average molecular weight is 270 g/mol. The maximum absolute atomic E-state index is 13.7. The third-order valence-electron chi connectivity index (χ3n) is 2.76. The topological polar surface area (TPSA) is 41.1 Å². The molecule has 0 fully saturated rings. The lowest BCUT2D eigenvalue weighted by molar-refractivity contribution is 0.0937. The third-order valence-corrected chi connectivity index (χ3v) is 2.76. The molecule has 0 radical (unpaired) electrons. The lowest BCUT2D eigenvalue weighted by Crippen LogP contribution is -2.32. The van der Waals surface area contributed by atoms with Crippen LogP contribution in [0.5, 0.6) is 0 Å². The summed E-state index contributed by atoms with van der Waals surface area (Å²) in [5.74, 6) is -1.97. The summed E-state index contributed by atoms with van der Waals surface area (Å²) in [6, 6.07) is 2.08. The Bertz CT molecular complexity index is 426. The summed E-state index contributed by atoms with van der Waals surface area (Å²) in [6.45, 7) is 6.02. The van der Waals surface area contributed by atoms with Crippen molar-refractivity contribution >= 4 is 11.6 Å². The number of amides is 1. The number of halogens is 2. The molecule has 0 saturated carbocycles. The Hall–Kier alpha value is -1.65. The standard InChI is InChI=1S/C14H20F2N2O/c1-4-6-9(3)18-14(19)10-7-11(15)13(17-5-2)12(16)8-10/h7-9,17H,4-6H2,1-3H3,(H,18,19). The van der Waals surface area contributed by atoms with Crippen LogP contribution in [0.25, 0.3) is 0 Å². The van der Waals surface area contributed by atoms with Crippen molar-refractivity contribution in [3.8, 4) is 0 Å².